The highest BCUT2D eigenvalue weighted by molar-refractivity contribution is 6.45. The molecule has 1 amide bonds. The van der Waals surface area contributed by atoms with Crippen LogP contribution in [-0.2, 0) is 4.79 Å². The number of nitrogens with one attached hydrogen (secondary N) is 1. The van der Waals surface area contributed by atoms with E-state index in [-0.39, 0.29) is 5.91 Å². The fourth-order valence-corrected chi connectivity index (χ4v) is 2.27. The van der Waals surface area contributed by atoms with Crippen LogP contribution in [0, 0.1) is 0 Å². The minimum absolute atomic E-state index is 0.00639. The Bertz CT molecular complexity index is 519. The van der Waals surface area contributed by atoms with Crippen LogP contribution < -0.4 is 5.43 Å². The average molecular weight is 241 g/mol. The maximum absolute atomic E-state index is 12.4. The predicted molar refractivity (Wildman–Crippen MR) is 69.8 cm³/mol. The molecule has 0 aromatic heterocycles. The Labute approximate surface area is 106 Å². The molecule has 0 aliphatic carbocycles. The second kappa shape index (κ2) is 4.64. The number of carbonyl (C=O) groups is 1. The molecule has 4 heteroatoms. The molecule has 2 aliphatic rings. The molecule has 4 nitrogen and oxygen atoms in total. The highest BCUT2D eigenvalue weighted by Crippen LogP contribution is 2.18. The van der Waals surface area contributed by atoms with Crippen LogP contribution >= 0.6 is 0 Å². The first-order chi connectivity index (χ1) is 8.86. The highest BCUT2D eigenvalue weighted by atomic mass is 16.2. The lowest BCUT2D eigenvalue weighted by Gasteiger charge is -2.28. The number of carbonyl (C=O) groups excluding carboxylic acids is 1. The van der Waals surface area contributed by atoms with E-state index in [1.54, 1.807) is 4.90 Å². The van der Waals surface area contributed by atoms with E-state index in [0.29, 0.717) is 5.71 Å². The molecule has 2 aliphatic heterocycles. The minimum atomic E-state index is -0.00639. The van der Waals surface area contributed by atoms with E-state index < -0.39 is 0 Å². The van der Waals surface area contributed by atoms with Crippen molar-refractivity contribution >= 4 is 11.6 Å². The van der Waals surface area contributed by atoms with E-state index in [1.165, 1.54) is 0 Å². The summed E-state index contributed by atoms with van der Waals surface area (Å²) in [7, 11) is 0. The van der Waals surface area contributed by atoms with Gasteiger partial charge in [0, 0.05) is 12.1 Å². The van der Waals surface area contributed by atoms with Crippen molar-refractivity contribution < 1.29 is 4.79 Å². The summed E-state index contributed by atoms with van der Waals surface area (Å²) in [4.78, 5) is 14.2. The molecular formula is C14H15N3O. The SMILES string of the molecule is O=C1C(c2ccccc2)=NNC2=CCCCCN12. The molecular weight excluding hydrogens is 226 g/mol. The molecule has 3 rings (SSSR count). The average Bonchev–Trinajstić information content (AvgIpc) is 2.66. The second-order valence-corrected chi connectivity index (χ2v) is 4.48. The van der Waals surface area contributed by atoms with Crippen molar-refractivity contribution in [2.45, 2.75) is 19.3 Å². The number of fused-ring (bicyclic) bond motifs is 1. The van der Waals surface area contributed by atoms with Crippen molar-refractivity contribution in [3.05, 3.63) is 47.8 Å². The largest absolute Gasteiger partial charge is 0.292 e. The van der Waals surface area contributed by atoms with Gasteiger partial charge in [-0.2, -0.15) is 5.10 Å². The fourth-order valence-electron chi connectivity index (χ4n) is 2.27. The summed E-state index contributed by atoms with van der Waals surface area (Å²) in [6.45, 7) is 0.767. The molecule has 0 fully saturated rings. The van der Waals surface area contributed by atoms with E-state index in [0.717, 1.165) is 37.2 Å². The standard InChI is InChI=1S/C14H15N3O/c18-14-13(11-7-3-1-4-8-11)16-15-12-9-5-2-6-10-17(12)14/h1,3-4,7-9,15H,2,5-6,10H2. The summed E-state index contributed by atoms with van der Waals surface area (Å²) in [5, 5.41) is 4.21. The number of nitrogens with zero attached hydrogens (tertiary/aromatic N) is 2. The Balaban J connectivity index is 1.95. The molecule has 1 aromatic carbocycles. The maximum Gasteiger partial charge on any atom is 0.280 e. The third-order valence-corrected chi connectivity index (χ3v) is 3.24. The zero-order chi connectivity index (χ0) is 12.4. The third kappa shape index (κ3) is 1.90. The molecule has 0 atom stereocenters. The summed E-state index contributed by atoms with van der Waals surface area (Å²) in [5.74, 6) is 0.824. The number of hydrazone groups is 1. The monoisotopic (exact) mass is 241 g/mol. The van der Waals surface area contributed by atoms with Crippen molar-refractivity contribution in [3.63, 3.8) is 0 Å². The molecule has 1 N–H and O–H groups in total. The lowest BCUT2D eigenvalue weighted by molar-refractivity contribution is -0.123. The van der Waals surface area contributed by atoms with E-state index in [2.05, 4.69) is 16.6 Å². The molecule has 18 heavy (non-hydrogen) atoms. The van der Waals surface area contributed by atoms with Gasteiger partial charge in [-0.05, 0) is 25.3 Å². The first-order valence-electron chi connectivity index (χ1n) is 6.27. The van der Waals surface area contributed by atoms with Crippen LogP contribution in [0.5, 0.6) is 0 Å². The summed E-state index contributed by atoms with van der Waals surface area (Å²) in [6, 6.07) is 9.58. The zero-order valence-corrected chi connectivity index (χ0v) is 10.1. The Hall–Kier alpha value is -2.10. The molecule has 0 radical (unpaired) electrons. The van der Waals surface area contributed by atoms with Crippen LogP contribution in [0.15, 0.2) is 47.3 Å². The first kappa shape index (κ1) is 11.0. The zero-order valence-electron chi connectivity index (χ0n) is 10.1. The van der Waals surface area contributed by atoms with E-state index >= 15 is 0 Å². The molecule has 1 aromatic rings. The van der Waals surface area contributed by atoms with Crippen LogP contribution in [0.1, 0.15) is 24.8 Å². The Morgan fingerprint density at radius 2 is 2.00 bits per heavy atom. The predicted octanol–water partition coefficient (Wildman–Crippen LogP) is 1.85. The number of benzene rings is 1. The fraction of sp³-hybridized carbons (Fsp3) is 0.286. The van der Waals surface area contributed by atoms with Gasteiger partial charge in [-0.15, -0.1) is 0 Å². The summed E-state index contributed by atoms with van der Waals surface area (Å²) in [6.07, 6.45) is 5.21. The van der Waals surface area contributed by atoms with Gasteiger partial charge in [0.25, 0.3) is 5.91 Å². The van der Waals surface area contributed by atoms with Crippen molar-refractivity contribution in [1.29, 1.82) is 0 Å². The van der Waals surface area contributed by atoms with Crippen LogP contribution in [0.25, 0.3) is 0 Å². The lowest BCUT2D eigenvalue weighted by Crippen LogP contribution is -2.44. The number of hydrogen-bond donors (Lipinski definition) is 1. The van der Waals surface area contributed by atoms with Crippen molar-refractivity contribution in [2.75, 3.05) is 6.54 Å². The van der Waals surface area contributed by atoms with Crippen molar-refractivity contribution in [2.24, 2.45) is 5.10 Å². The quantitative estimate of drug-likeness (QED) is 0.815. The number of allylic oxidation sites excluding steroid dienone is 1. The van der Waals surface area contributed by atoms with Gasteiger partial charge in [0.15, 0.2) is 5.71 Å². The summed E-state index contributed by atoms with van der Waals surface area (Å²) in [5.41, 5.74) is 4.35. The Morgan fingerprint density at radius 3 is 2.83 bits per heavy atom. The molecule has 2 heterocycles. The van der Waals surface area contributed by atoms with Crippen LogP contribution in [0.3, 0.4) is 0 Å². The molecule has 92 valence electrons. The van der Waals surface area contributed by atoms with E-state index in [1.807, 2.05) is 30.3 Å². The van der Waals surface area contributed by atoms with Crippen molar-refractivity contribution in [3.8, 4) is 0 Å². The van der Waals surface area contributed by atoms with Gasteiger partial charge >= 0.3 is 0 Å². The minimum Gasteiger partial charge on any atom is -0.292 e. The molecule has 0 saturated heterocycles. The van der Waals surface area contributed by atoms with Gasteiger partial charge in [-0.1, -0.05) is 30.3 Å². The van der Waals surface area contributed by atoms with E-state index in [9.17, 15) is 4.79 Å². The maximum atomic E-state index is 12.4. The Kier molecular flexibility index (Phi) is 2.84. The van der Waals surface area contributed by atoms with Gasteiger partial charge in [0.2, 0.25) is 0 Å². The molecule has 0 bridgehead atoms. The second-order valence-electron chi connectivity index (χ2n) is 4.48. The van der Waals surface area contributed by atoms with Gasteiger partial charge in [0.1, 0.15) is 5.82 Å². The topological polar surface area (TPSA) is 44.7 Å². The molecule has 0 saturated carbocycles. The van der Waals surface area contributed by atoms with Crippen LogP contribution in [0.4, 0.5) is 0 Å². The lowest BCUT2D eigenvalue weighted by atomic mass is 10.1. The van der Waals surface area contributed by atoms with E-state index in [4.69, 9.17) is 0 Å². The van der Waals surface area contributed by atoms with Gasteiger partial charge < -0.3 is 0 Å². The summed E-state index contributed by atoms with van der Waals surface area (Å²) >= 11 is 0. The smallest absolute Gasteiger partial charge is 0.280 e. The van der Waals surface area contributed by atoms with Gasteiger partial charge in [-0.25, -0.2) is 0 Å². The first-order valence-corrected chi connectivity index (χ1v) is 6.27. The highest BCUT2D eigenvalue weighted by Gasteiger charge is 2.28. The number of rotatable bonds is 1. The molecule has 0 unspecified atom stereocenters. The Morgan fingerprint density at radius 1 is 1.17 bits per heavy atom. The van der Waals surface area contributed by atoms with Gasteiger partial charge in [0.05, 0.1) is 0 Å². The van der Waals surface area contributed by atoms with Crippen LogP contribution in [-0.4, -0.2) is 23.1 Å². The number of amides is 1. The number of hydrogen-bond acceptors (Lipinski definition) is 3. The molecule has 0 spiro atoms. The van der Waals surface area contributed by atoms with Crippen molar-refractivity contribution in [1.82, 2.24) is 10.3 Å². The van der Waals surface area contributed by atoms with Crippen LogP contribution in [0.2, 0.25) is 0 Å². The van der Waals surface area contributed by atoms with Gasteiger partial charge in [-0.3, -0.25) is 15.1 Å². The summed E-state index contributed by atoms with van der Waals surface area (Å²) < 4.78 is 0. The third-order valence-electron chi connectivity index (χ3n) is 3.24. The normalized spacial score (nSPS) is 19.3.